The van der Waals surface area contributed by atoms with E-state index >= 15 is 0 Å². The number of rotatable bonds is 16. The molecule has 0 aromatic carbocycles. The number of esters is 1. The van der Waals surface area contributed by atoms with E-state index in [1.165, 1.54) is 57.8 Å². The molecule has 1 fully saturated rings. The zero-order valence-corrected chi connectivity index (χ0v) is 18.4. The van der Waals surface area contributed by atoms with Gasteiger partial charge in [0, 0.05) is 0 Å². The molecule has 1 rings (SSSR count). The SMILES string of the molecule is CCCCCCCCCCC(CCCCC)OC(=O)C1CCCC(C(=O)O)C1. The smallest absolute Gasteiger partial charge is 0.309 e. The van der Waals surface area contributed by atoms with Crippen LogP contribution in [0.25, 0.3) is 0 Å². The topological polar surface area (TPSA) is 63.6 Å². The van der Waals surface area contributed by atoms with Gasteiger partial charge in [-0.3, -0.25) is 9.59 Å². The molecule has 0 saturated heterocycles. The Morgan fingerprint density at radius 1 is 0.821 bits per heavy atom. The van der Waals surface area contributed by atoms with Crippen molar-refractivity contribution < 1.29 is 19.4 Å². The second kappa shape index (κ2) is 15.8. The van der Waals surface area contributed by atoms with E-state index in [-0.39, 0.29) is 23.9 Å². The van der Waals surface area contributed by atoms with Crippen LogP contribution in [0.3, 0.4) is 0 Å². The molecular weight excluding hydrogens is 352 g/mol. The van der Waals surface area contributed by atoms with Crippen LogP contribution in [-0.4, -0.2) is 23.1 Å². The predicted molar refractivity (Wildman–Crippen MR) is 114 cm³/mol. The normalized spacial score (nSPS) is 20.6. The first-order valence-corrected chi connectivity index (χ1v) is 12.0. The fourth-order valence-electron chi connectivity index (χ4n) is 4.28. The van der Waals surface area contributed by atoms with Gasteiger partial charge in [-0.1, -0.05) is 78.1 Å². The average molecular weight is 397 g/mol. The van der Waals surface area contributed by atoms with E-state index in [4.69, 9.17) is 4.74 Å². The number of aliphatic carboxylic acids is 1. The molecule has 0 amide bonds. The average Bonchev–Trinajstić information content (AvgIpc) is 2.70. The van der Waals surface area contributed by atoms with Gasteiger partial charge in [0.25, 0.3) is 0 Å². The van der Waals surface area contributed by atoms with E-state index in [0.29, 0.717) is 12.8 Å². The molecule has 4 nitrogen and oxygen atoms in total. The molecule has 1 aliphatic rings. The van der Waals surface area contributed by atoms with Crippen LogP contribution in [0.1, 0.15) is 123 Å². The highest BCUT2D eigenvalue weighted by atomic mass is 16.5. The maximum absolute atomic E-state index is 12.6. The summed E-state index contributed by atoms with van der Waals surface area (Å²) in [4.78, 5) is 23.9. The van der Waals surface area contributed by atoms with Crippen LogP contribution in [0.15, 0.2) is 0 Å². The van der Waals surface area contributed by atoms with E-state index in [0.717, 1.165) is 38.5 Å². The highest BCUT2D eigenvalue weighted by Crippen LogP contribution is 2.31. The molecule has 0 aromatic rings. The van der Waals surface area contributed by atoms with Crippen LogP contribution < -0.4 is 0 Å². The predicted octanol–water partition coefficient (Wildman–Crippen LogP) is 6.90. The second-order valence-electron chi connectivity index (χ2n) is 8.72. The van der Waals surface area contributed by atoms with E-state index in [9.17, 15) is 14.7 Å². The first kappa shape index (κ1) is 25.0. The lowest BCUT2D eigenvalue weighted by Gasteiger charge is -2.27. The van der Waals surface area contributed by atoms with Gasteiger partial charge in [0.15, 0.2) is 0 Å². The van der Waals surface area contributed by atoms with Crippen molar-refractivity contribution in [1.29, 1.82) is 0 Å². The van der Waals surface area contributed by atoms with Crippen LogP contribution in [0.5, 0.6) is 0 Å². The quantitative estimate of drug-likeness (QED) is 0.228. The summed E-state index contributed by atoms with van der Waals surface area (Å²) in [5, 5.41) is 9.25. The van der Waals surface area contributed by atoms with Gasteiger partial charge in [0.1, 0.15) is 6.10 Å². The maximum Gasteiger partial charge on any atom is 0.309 e. The Labute approximate surface area is 172 Å². The van der Waals surface area contributed by atoms with E-state index in [2.05, 4.69) is 13.8 Å². The van der Waals surface area contributed by atoms with Gasteiger partial charge in [0.2, 0.25) is 0 Å². The summed E-state index contributed by atoms with van der Waals surface area (Å²) in [6.45, 7) is 4.43. The summed E-state index contributed by atoms with van der Waals surface area (Å²) in [7, 11) is 0. The van der Waals surface area contributed by atoms with Crippen molar-refractivity contribution in [3.05, 3.63) is 0 Å². The summed E-state index contributed by atoms with van der Waals surface area (Å²) in [6.07, 6.45) is 18.4. The lowest BCUT2D eigenvalue weighted by molar-refractivity contribution is -0.158. The fraction of sp³-hybridized carbons (Fsp3) is 0.917. The Morgan fingerprint density at radius 3 is 1.93 bits per heavy atom. The molecule has 164 valence electrons. The van der Waals surface area contributed by atoms with Crippen molar-refractivity contribution in [1.82, 2.24) is 0 Å². The summed E-state index contributed by atoms with van der Waals surface area (Å²) < 4.78 is 5.89. The van der Waals surface area contributed by atoms with E-state index in [1.54, 1.807) is 0 Å². The third-order valence-corrected chi connectivity index (χ3v) is 6.15. The monoisotopic (exact) mass is 396 g/mol. The fourth-order valence-corrected chi connectivity index (χ4v) is 4.28. The van der Waals surface area contributed by atoms with Crippen LogP contribution >= 0.6 is 0 Å². The molecule has 0 aliphatic heterocycles. The van der Waals surface area contributed by atoms with Crippen molar-refractivity contribution in [3.8, 4) is 0 Å². The molecule has 0 heterocycles. The Balaban J connectivity index is 2.34. The molecule has 4 heteroatoms. The number of carbonyl (C=O) groups is 2. The zero-order valence-electron chi connectivity index (χ0n) is 18.4. The van der Waals surface area contributed by atoms with Crippen molar-refractivity contribution in [3.63, 3.8) is 0 Å². The number of hydrogen-bond acceptors (Lipinski definition) is 3. The second-order valence-corrected chi connectivity index (χ2v) is 8.72. The molecule has 0 aromatic heterocycles. The minimum Gasteiger partial charge on any atom is -0.481 e. The summed E-state index contributed by atoms with van der Waals surface area (Å²) in [5.41, 5.74) is 0. The number of ether oxygens (including phenoxy) is 1. The molecule has 0 radical (unpaired) electrons. The Morgan fingerprint density at radius 2 is 1.32 bits per heavy atom. The first-order chi connectivity index (χ1) is 13.6. The lowest BCUT2D eigenvalue weighted by Crippen LogP contribution is -2.31. The number of hydrogen-bond donors (Lipinski definition) is 1. The van der Waals surface area contributed by atoms with E-state index in [1.807, 2.05) is 0 Å². The number of carboxylic acids is 1. The Kier molecular flexibility index (Phi) is 14.1. The molecule has 1 aliphatic carbocycles. The van der Waals surface area contributed by atoms with Crippen LogP contribution in [0.4, 0.5) is 0 Å². The molecular formula is C24H44O4. The number of carboxylic acid groups (broad SMARTS) is 1. The minimum absolute atomic E-state index is 0.0179. The van der Waals surface area contributed by atoms with Crippen molar-refractivity contribution in [2.24, 2.45) is 11.8 Å². The van der Waals surface area contributed by atoms with Crippen molar-refractivity contribution >= 4 is 11.9 Å². The third-order valence-electron chi connectivity index (χ3n) is 6.15. The summed E-state index contributed by atoms with van der Waals surface area (Å²) >= 11 is 0. The number of carbonyl (C=O) groups excluding carboxylic acids is 1. The Hall–Kier alpha value is -1.06. The third kappa shape index (κ3) is 11.1. The summed E-state index contributed by atoms with van der Waals surface area (Å²) in [6, 6.07) is 0. The van der Waals surface area contributed by atoms with Crippen molar-refractivity contribution in [2.75, 3.05) is 0 Å². The Bertz CT molecular complexity index is 421. The van der Waals surface area contributed by atoms with Crippen LogP contribution in [-0.2, 0) is 14.3 Å². The van der Waals surface area contributed by atoms with Gasteiger partial charge in [-0.15, -0.1) is 0 Å². The highest BCUT2D eigenvalue weighted by Gasteiger charge is 2.32. The number of unbranched alkanes of at least 4 members (excludes halogenated alkanes) is 9. The molecule has 1 N–H and O–H groups in total. The summed E-state index contributed by atoms with van der Waals surface area (Å²) in [5.74, 6) is -1.51. The minimum atomic E-state index is -0.768. The largest absolute Gasteiger partial charge is 0.481 e. The molecule has 3 atom stereocenters. The van der Waals surface area contributed by atoms with Crippen molar-refractivity contribution in [2.45, 2.75) is 129 Å². The maximum atomic E-state index is 12.6. The van der Waals surface area contributed by atoms with Gasteiger partial charge in [-0.25, -0.2) is 0 Å². The first-order valence-electron chi connectivity index (χ1n) is 12.0. The van der Waals surface area contributed by atoms with Gasteiger partial charge in [-0.2, -0.15) is 0 Å². The molecule has 28 heavy (non-hydrogen) atoms. The standard InChI is InChI=1S/C24H44O4/c1-3-5-7-8-9-10-11-13-18-22(17-12-6-4-2)28-24(27)21-16-14-15-20(19-21)23(25)26/h20-22H,3-19H2,1-2H3,(H,25,26). The zero-order chi connectivity index (χ0) is 20.6. The lowest BCUT2D eigenvalue weighted by atomic mass is 9.81. The van der Waals surface area contributed by atoms with Gasteiger partial charge in [0.05, 0.1) is 11.8 Å². The molecule has 3 unspecified atom stereocenters. The van der Waals surface area contributed by atoms with E-state index < -0.39 is 5.97 Å². The molecule has 0 bridgehead atoms. The van der Waals surface area contributed by atoms with Gasteiger partial charge < -0.3 is 9.84 Å². The molecule has 1 saturated carbocycles. The van der Waals surface area contributed by atoms with Gasteiger partial charge in [-0.05, 0) is 44.9 Å². The highest BCUT2D eigenvalue weighted by molar-refractivity contribution is 5.75. The van der Waals surface area contributed by atoms with Crippen LogP contribution in [0, 0.1) is 11.8 Å². The molecule has 0 spiro atoms. The van der Waals surface area contributed by atoms with Crippen LogP contribution in [0.2, 0.25) is 0 Å². The van der Waals surface area contributed by atoms with Gasteiger partial charge >= 0.3 is 11.9 Å².